The lowest BCUT2D eigenvalue weighted by Crippen LogP contribution is -2.37. The van der Waals surface area contributed by atoms with Gasteiger partial charge in [0.1, 0.15) is 0 Å². The van der Waals surface area contributed by atoms with Crippen LogP contribution >= 0.6 is 0 Å². The summed E-state index contributed by atoms with van der Waals surface area (Å²) in [6, 6.07) is 10.3. The third-order valence-corrected chi connectivity index (χ3v) is 4.96. The lowest BCUT2D eigenvalue weighted by Gasteiger charge is -2.11. The number of hydrogen-bond acceptors (Lipinski definition) is 5. The van der Waals surface area contributed by atoms with Gasteiger partial charge in [-0.05, 0) is 17.5 Å². The molecular formula is C20H19N2O4+. The van der Waals surface area contributed by atoms with E-state index in [9.17, 15) is 0 Å². The van der Waals surface area contributed by atoms with E-state index in [1.54, 1.807) is 14.2 Å². The van der Waals surface area contributed by atoms with E-state index in [0.717, 1.165) is 63.8 Å². The molecular weight excluding hydrogens is 332 g/mol. The topological polar surface area (TPSA) is 52.8 Å². The SMILES string of the molecule is COc1ccc2cc3[n+](cc2c1OC)CCNc1cc2c(cc1-3)OCO2. The number of nitrogens with one attached hydrogen (secondary N) is 1. The molecule has 0 aliphatic carbocycles. The van der Waals surface area contributed by atoms with Crippen molar-refractivity contribution in [2.75, 3.05) is 32.9 Å². The van der Waals surface area contributed by atoms with Crippen molar-refractivity contribution in [1.29, 1.82) is 0 Å². The number of hydrogen-bond donors (Lipinski definition) is 1. The van der Waals surface area contributed by atoms with Crippen molar-refractivity contribution in [2.24, 2.45) is 0 Å². The van der Waals surface area contributed by atoms with Crippen LogP contribution < -0.4 is 28.8 Å². The van der Waals surface area contributed by atoms with Gasteiger partial charge in [0.2, 0.25) is 12.5 Å². The molecule has 0 spiro atoms. The highest BCUT2D eigenvalue weighted by molar-refractivity contribution is 5.92. The minimum Gasteiger partial charge on any atom is -0.493 e. The van der Waals surface area contributed by atoms with Crippen LogP contribution in [-0.4, -0.2) is 27.6 Å². The van der Waals surface area contributed by atoms with Crippen LogP contribution in [0.1, 0.15) is 0 Å². The molecule has 132 valence electrons. The molecule has 2 aromatic carbocycles. The molecule has 3 heterocycles. The van der Waals surface area contributed by atoms with E-state index >= 15 is 0 Å². The first-order chi connectivity index (χ1) is 12.8. The highest BCUT2D eigenvalue weighted by atomic mass is 16.7. The Morgan fingerprint density at radius 3 is 2.69 bits per heavy atom. The number of rotatable bonds is 2. The van der Waals surface area contributed by atoms with E-state index < -0.39 is 0 Å². The number of fused-ring (bicyclic) bond motifs is 5. The molecule has 0 saturated carbocycles. The van der Waals surface area contributed by atoms with E-state index in [-0.39, 0.29) is 6.79 Å². The summed E-state index contributed by atoms with van der Waals surface area (Å²) in [6.07, 6.45) is 2.13. The van der Waals surface area contributed by atoms with Gasteiger partial charge in [-0.1, -0.05) is 0 Å². The molecule has 0 bridgehead atoms. The monoisotopic (exact) mass is 351 g/mol. The standard InChI is InChI=1S/C20H18N2O4/c1-23-17-4-3-12-7-16-13-8-18-19(26-11-25-18)9-15(13)21-5-6-22(16)10-14(12)20(17)24-2/h3-4,7-10H,5-6,11H2,1-2H3/p+1. The molecule has 0 fully saturated rings. The van der Waals surface area contributed by atoms with Crippen molar-refractivity contribution in [3.8, 4) is 34.3 Å². The smallest absolute Gasteiger partial charge is 0.231 e. The Balaban J connectivity index is 1.77. The van der Waals surface area contributed by atoms with Crippen LogP contribution in [-0.2, 0) is 6.54 Å². The third kappa shape index (κ3) is 2.15. The van der Waals surface area contributed by atoms with Crippen LogP contribution in [0.2, 0.25) is 0 Å². The van der Waals surface area contributed by atoms with Gasteiger partial charge in [0.05, 0.1) is 37.4 Å². The summed E-state index contributed by atoms with van der Waals surface area (Å²) >= 11 is 0. The fourth-order valence-corrected chi connectivity index (χ4v) is 3.71. The van der Waals surface area contributed by atoms with Crippen LogP contribution in [0.15, 0.2) is 36.5 Å². The van der Waals surface area contributed by atoms with Crippen molar-refractivity contribution < 1.29 is 23.5 Å². The van der Waals surface area contributed by atoms with Crippen molar-refractivity contribution in [3.05, 3.63) is 36.5 Å². The van der Waals surface area contributed by atoms with E-state index in [4.69, 9.17) is 18.9 Å². The zero-order valence-electron chi connectivity index (χ0n) is 14.7. The number of methoxy groups -OCH3 is 2. The second kappa shape index (κ2) is 5.69. The maximum absolute atomic E-state index is 5.61. The van der Waals surface area contributed by atoms with Crippen LogP contribution in [0, 0.1) is 0 Å². The van der Waals surface area contributed by atoms with Crippen molar-refractivity contribution in [2.45, 2.75) is 6.54 Å². The Bertz CT molecular complexity index is 1030. The first kappa shape index (κ1) is 15.1. The molecule has 6 nitrogen and oxygen atoms in total. The Morgan fingerprint density at radius 2 is 1.88 bits per heavy atom. The first-order valence-corrected chi connectivity index (χ1v) is 8.54. The van der Waals surface area contributed by atoms with Gasteiger partial charge in [0, 0.05) is 18.2 Å². The summed E-state index contributed by atoms with van der Waals surface area (Å²) in [6.45, 7) is 1.93. The number of nitrogens with zero attached hydrogens (tertiary/aromatic N) is 1. The number of benzene rings is 2. The van der Waals surface area contributed by atoms with Gasteiger partial charge in [0.25, 0.3) is 0 Å². The number of ether oxygens (including phenoxy) is 4. The Kier molecular flexibility index (Phi) is 3.31. The van der Waals surface area contributed by atoms with E-state index in [2.05, 4.69) is 34.3 Å². The number of anilines is 1. The number of pyridine rings is 1. The van der Waals surface area contributed by atoms with Gasteiger partial charge in [-0.15, -0.1) is 0 Å². The van der Waals surface area contributed by atoms with Gasteiger partial charge < -0.3 is 24.3 Å². The van der Waals surface area contributed by atoms with Gasteiger partial charge in [-0.25, -0.2) is 0 Å². The van der Waals surface area contributed by atoms with Crippen LogP contribution in [0.5, 0.6) is 23.0 Å². The molecule has 2 aliphatic heterocycles. The lowest BCUT2D eigenvalue weighted by atomic mass is 10.0. The average Bonchev–Trinajstić information content (AvgIpc) is 3.05. The summed E-state index contributed by atoms with van der Waals surface area (Å²) in [5.41, 5.74) is 3.28. The highest BCUT2D eigenvalue weighted by Crippen LogP contribution is 2.42. The van der Waals surface area contributed by atoms with Gasteiger partial charge in [-0.3, -0.25) is 0 Å². The Hall–Kier alpha value is -3.15. The molecule has 1 N–H and O–H groups in total. The van der Waals surface area contributed by atoms with E-state index in [0.29, 0.717) is 0 Å². The van der Waals surface area contributed by atoms with E-state index in [1.807, 2.05) is 12.1 Å². The number of aromatic nitrogens is 1. The van der Waals surface area contributed by atoms with Crippen LogP contribution in [0.4, 0.5) is 5.69 Å². The maximum Gasteiger partial charge on any atom is 0.231 e. The summed E-state index contributed by atoms with van der Waals surface area (Å²) in [7, 11) is 3.33. The summed E-state index contributed by atoms with van der Waals surface area (Å²) in [4.78, 5) is 0. The molecule has 0 atom stereocenters. The van der Waals surface area contributed by atoms with Crippen LogP contribution in [0.25, 0.3) is 22.0 Å². The molecule has 0 unspecified atom stereocenters. The lowest BCUT2D eigenvalue weighted by molar-refractivity contribution is -0.681. The molecule has 3 aromatic rings. The van der Waals surface area contributed by atoms with Gasteiger partial charge in [0.15, 0.2) is 35.7 Å². The van der Waals surface area contributed by atoms with Crippen molar-refractivity contribution in [3.63, 3.8) is 0 Å². The fraction of sp³-hybridized carbons (Fsp3) is 0.250. The molecule has 2 aliphatic rings. The highest BCUT2D eigenvalue weighted by Gasteiger charge is 2.27. The third-order valence-electron chi connectivity index (χ3n) is 4.96. The Labute approximate surface area is 150 Å². The second-order valence-electron chi connectivity index (χ2n) is 6.33. The molecule has 5 rings (SSSR count). The average molecular weight is 351 g/mol. The summed E-state index contributed by atoms with van der Waals surface area (Å²) < 4.78 is 24.4. The minimum absolute atomic E-state index is 0.271. The molecule has 26 heavy (non-hydrogen) atoms. The summed E-state index contributed by atoms with van der Waals surface area (Å²) in [5, 5.41) is 5.62. The first-order valence-electron chi connectivity index (χ1n) is 8.54. The Morgan fingerprint density at radius 1 is 1.04 bits per heavy atom. The van der Waals surface area contributed by atoms with Crippen LogP contribution in [0.3, 0.4) is 0 Å². The van der Waals surface area contributed by atoms with Crippen molar-refractivity contribution >= 4 is 16.5 Å². The molecule has 0 radical (unpaired) electrons. The summed E-state index contributed by atoms with van der Waals surface area (Å²) in [5.74, 6) is 3.06. The quantitative estimate of drug-likeness (QED) is 0.720. The van der Waals surface area contributed by atoms with Crippen molar-refractivity contribution in [1.82, 2.24) is 0 Å². The minimum atomic E-state index is 0.271. The van der Waals surface area contributed by atoms with Gasteiger partial charge in [-0.2, -0.15) is 4.57 Å². The zero-order valence-corrected chi connectivity index (χ0v) is 14.7. The normalized spacial score (nSPS) is 14.2. The van der Waals surface area contributed by atoms with Gasteiger partial charge >= 0.3 is 0 Å². The molecule has 1 aromatic heterocycles. The second-order valence-corrected chi connectivity index (χ2v) is 6.33. The molecule has 6 heteroatoms. The molecule has 0 amide bonds. The maximum atomic E-state index is 5.61. The fourth-order valence-electron chi connectivity index (χ4n) is 3.71. The van der Waals surface area contributed by atoms with E-state index in [1.165, 1.54) is 0 Å². The predicted octanol–water partition coefficient (Wildman–Crippen LogP) is 2.97. The zero-order chi connectivity index (χ0) is 17.7. The predicted molar refractivity (Wildman–Crippen MR) is 97.3 cm³/mol. The largest absolute Gasteiger partial charge is 0.493 e. The molecule has 0 saturated heterocycles.